The van der Waals surface area contributed by atoms with Crippen molar-refractivity contribution in [3.63, 3.8) is 0 Å². The topological polar surface area (TPSA) is 78.9 Å². The Morgan fingerprint density at radius 1 is 0.328 bits per heavy atom. The maximum absolute atomic E-state index is 12.7. The van der Waals surface area contributed by atoms with E-state index >= 15 is 0 Å². The van der Waals surface area contributed by atoms with Gasteiger partial charge in [-0.05, 0) is 64.2 Å². The summed E-state index contributed by atoms with van der Waals surface area (Å²) in [6.07, 6.45) is 65.3. The number of ether oxygens (including phenoxy) is 3. The standard InChI is InChI=1S/C58H102O6/c1-4-7-10-13-16-19-22-24-25-26-27-28-29-30-31-32-34-36-39-42-45-48-51-57(60)63-54-55(53-62-56(59)50-47-44-41-38-35-21-18-15-12-9-6-3)64-58(61)52-49-46-43-40-37-33-23-20-17-14-11-8-5-2/h8,11,15,17-18,20,33,37,43,46,55H,4-7,9-10,12-14,16,19,21-32,34-36,38-42,44-45,47-54H2,1-3H3/b11-8-,18-15-,20-17-,37-33-,46-43-. The van der Waals surface area contributed by atoms with Crippen molar-refractivity contribution in [2.24, 2.45) is 0 Å². The summed E-state index contributed by atoms with van der Waals surface area (Å²) < 4.78 is 16.7. The molecule has 6 heteroatoms. The van der Waals surface area contributed by atoms with E-state index < -0.39 is 6.10 Å². The molecule has 0 radical (unpaired) electrons. The minimum absolute atomic E-state index is 0.103. The highest BCUT2D eigenvalue weighted by Gasteiger charge is 2.19. The van der Waals surface area contributed by atoms with Gasteiger partial charge in [-0.1, -0.05) is 248 Å². The van der Waals surface area contributed by atoms with Crippen LogP contribution >= 0.6 is 0 Å². The molecule has 0 heterocycles. The quantitative estimate of drug-likeness (QED) is 0.0262. The van der Waals surface area contributed by atoms with Gasteiger partial charge in [-0.3, -0.25) is 14.4 Å². The number of allylic oxidation sites excluding steroid dienone is 10. The monoisotopic (exact) mass is 895 g/mol. The van der Waals surface area contributed by atoms with Crippen LogP contribution in [0, 0.1) is 0 Å². The van der Waals surface area contributed by atoms with Crippen LogP contribution in [0.1, 0.15) is 271 Å². The average Bonchev–Trinajstić information content (AvgIpc) is 3.29. The summed E-state index contributed by atoms with van der Waals surface area (Å²) in [6.45, 7) is 6.43. The zero-order valence-corrected chi connectivity index (χ0v) is 42.3. The first kappa shape index (κ1) is 61.1. The van der Waals surface area contributed by atoms with Gasteiger partial charge in [0.1, 0.15) is 13.2 Å². The highest BCUT2D eigenvalue weighted by Crippen LogP contribution is 2.16. The van der Waals surface area contributed by atoms with Gasteiger partial charge in [-0.2, -0.15) is 0 Å². The highest BCUT2D eigenvalue weighted by molar-refractivity contribution is 5.71. The first-order valence-electron chi connectivity index (χ1n) is 27.3. The molecule has 0 saturated carbocycles. The number of carbonyl (C=O) groups excluding carboxylic acids is 3. The van der Waals surface area contributed by atoms with Gasteiger partial charge in [0.25, 0.3) is 0 Å². The molecule has 0 aliphatic rings. The molecule has 0 aromatic heterocycles. The zero-order chi connectivity index (χ0) is 46.5. The van der Waals surface area contributed by atoms with E-state index in [2.05, 4.69) is 69.4 Å². The summed E-state index contributed by atoms with van der Waals surface area (Å²) in [6, 6.07) is 0. The van der Waals surface area contributed by atoms with Crippen molar-refractivity contribution < 1.29 is 28.6 Å². The summed E-state index contributed by atoms with van der Waals surface area (Å²) >= 11 is 0. The van der Waals surface area contributed by atoms with Gasteiger partial charge in [-0.15, -0.1) is 0 Å². The Kier molecular flexibility index (Phi) is 50.4. The summed E-state index contributed by atoms with van der Waals surface area (Å²) in [7, 11) is 0. The van der Waals surface area contributed by atoms with Crippen LogP contribution < -0.4 is 0 Å². The van der Waals surface area contributed by atoms with E-state index in [1.165, 1.54) is 148 Å². The molecule has 1 unspecified atom stereocenters. The molecule has 0 bridgehead atoms. The lowest BCUT2D eigenvalue weighted by atomic mass is 10.0. The first-order valence-corrected chi connectivity index (χ1v) is 27.3. The predicted molar refractivity (Wildman–Crippen MR) is 275 cm³/mol. The summed E-state index contributed by atoms with van der Waals surface area (Å²) in [4.78, 5) is 37.9. The number of rotatable bonds is 49. The Labute approximate surface area is 396 Å². The van der Waals surface area contributed by atoms with Crippen LogP contribution in [0.2, 0.25) is 0 Å². The Balaban J connectivity index is 4.30. The third kappa shape index (κ3) is 50.1. The molecular formula is C58H102O6. The Bertz CT molecular complexity index is 1170. The number of esters is 3. The maximum Gasteiger partial charge on any atom is 0.306 e. The average molecular weight is 895 g/mol. The Hall–Kier alpha value is -2.89. The minimum Gasteiger partial charge on any atom is -0.462 e. The van der Waals surface area contributed by atoms with Crippen LogP contribution in [-0.2, 0) is 28.6 Å². The molecule has 0 amide bonds. The number of hydrogen-bond acceptors (Lipinski definition) is 6. The molecule has 370 valence electrons. The van der Waals surface area contributed by atoms with Gasteiger partial charge in [0.2, 0.25) is 0 Å². The number of carbonyl (C=O) groups is 3. The Morgan fingerprint density at radius 2 is 0.656 bits per heavy atom. The van der Waals surface area contributed by atoms with Gasteiger partial charge < -0.3 is 14.2 Å². The zero-order valence-electron chi connectivity index (χ0n) is 42.3. The molecule has 0 fully saturated rings. The molecule has 0 rings (SSSR count). The molecule has 0 aromatic carbocycles. The molecule has 0 aliphatic carbocycles. The van der Waals surface area contributed by atoms with E-state index in [0.29, 0.717) is 19.3 Å². The van der Waals surface area contributed by atoms with Gasteiger partial charge in [0.05, 0.1) is 0 Å². The number of unbranched alkanes of at least 4 members (excludes halogenated alkanes) is 28. The molecule has 0 N–H and O–H groups in total. The fourth-order valence-corrected chi connectivity index (χ4v) is 7.67. The van der Waals surface area contributed by atoms with E-state index in [-0.39, 0.29) is 37.5 Å². The van der Waals surface area contributed by atoms with Gasteiger partial charge in [0, 0.05) is 19.3 Å². The molecule has 64 heavy (non-hydrogen) atoms. The van der Waals surface area contributed by atoms with Crippen molar-refractivity contribution in [1.82, 2.24) is 0 Å². The normalized spacial score (nSPS) is 12.5. The summed E-state index contributed by atoms with van der Waals surface area (Å²) in [5.41, 5.74) is 0. The molecule has 0 aliphatic heterocycles. The third-order valence-electron chi connectivity index (χ3n) is 11.8. The van der Waals surface area contributed by atoms with Crippen LogP contribution in [0.4, 0.5) is 0 Å². The third-order valence-corrected chi connectivity index (χ3v) is 11.8. The Morgan fingerprint density at radius 3 is 1.06 bits per heavy atom. The van der Waals surface area contributed by atoms with Crippen LogP contribution in [0.3, 0.4) is 0 Å². The summed E-state index contributed by atoms with van der Waals surface area (Å²) in [5, 5.41) is 0. The fraction of sp³-hybridized carbons (Fsp3) is 0.776. The van der Waals surface area contributed by atoms with Crippen LogP contribution in [0.5, 0.6) is 0 Å². The molecule has 6 nitrogen and oxygen atoms in total. The van der Waals surface area contributed by atoms with Crippen LogP contribution in [0.25, 0.3) is 0 Å². The molecule has 1 atom stereocenters. The van der Waals surface area contributed by atoms with E-state index in [1.54, 1.807) is 0 Å². The molecular weight excluding hydrogens is 793 g/mol. The second kappa shape index (κ2) is 52.7. The smallest absolute Gasteiger partial charge is 0.306 e. The van der Waals surface area contributed by atoms with Gasteiger partial charge in [-0.25, -0.2) is 0 Å². The lowest BCUT2D eigenvalue weighted by Gasteiger charge is -2.18. The van der Waals surface area contributed by atoms with Crippen molar-refractivity contribution in [1.29, 1.82) is 0 Å². The van der Waals surface area contributed by atoms with Crippen LogP contribution in [0.15, 0.2) is 60.8 Å². The molecule has 0 saturated heterocycles. The maximum atomic E-state index is 12.7. The molecule has 0 spiro atoms. The predicted octanol–water partition coefficient (Wildman–Crippen LogP) is 18.0. The van der Waals surface area contributed by atoms with Crippen molar-refractivity contribution >= 4 is 17.9 Å². The fourth-order valence-electron chi connectivity index (χ4n) is 7.67. The second-order valence-corrected chi connectivity index (χ2v) is 18.1. The van der Waals surface area contributed by atoms with Crippen molar-refractivity contribution in [2.75, 3.05) is 13.2 Å². The summed E-state index contributed by atoms with van der Waals surface area (Å²) in [5.74, 6) is -0.989. The number of hydrogen-bond donors (Lipinski definition) is 0. The van der Waals surface area contributed by atoms with E-state index in [4.69, 9.17) is 14.2 Å². The van der Waals surface area contributed by atoms with Crippen molar-refractivity contribution in [2.45, 2.75) is 277 Å². The lowest BCUT2D eigenvalue weighted by molar-refractivity contribution is -0.166. The lowest BCUT2D eigenvalue weighted by Crippen LogP contribution is -2.30. The van der Waals surface area contributed by atoms with Crippen molar-refractivity contribution in [3.8, 4) is 0 Å². The van der Waals surface area contributed by atoms with Crippen LogP contribution in [-0.4, -0.2) is 37.2 Å². The van der Waals surface area contributed by atoms with E-state index in [1.807, 2.05) is 12.2 Å². The first-order chi connectivity index (χ1) is 31.5. The highest BCUT2D eigenvalue weighted by atomic mass is 16.6. The van der Waals surface area contributed by atoms with E-state index in [9.17, 15) is 14.4 Å². The van der Waals surface area contributed by atoms with E-state index in [0.717, 1.165) is 77.0 Å². The second-order valence-electron chi connectivity index (χ2n) is 18.1. The van der Waals surface area contributed by atoms with Crippen molar-refractivity contribution in [3.05, 3.63) is 60.8 Å². The molecule has 0 aromatic rings. The largest absolute Gasteiger partial charge is 0.462 e. The van der Waals surface area contributed by atoms with Gasteiger partial charge in [0.15, 0.2) is 6.10 Å². The van der Waals surface area contributed by atoms with Gasteiger partial charge >= 0.3 is 17.9 Å². The SMILES string of the molecule is CC/C=C\C/C=C\C/C=C\C/C=C\CCC(=O)OC(COC(=O)CCCCCCC/C=C\CCCC)COC(=O)CCCCCCCCCCCCCCCCCCCCCCCC. The minimum atomic E-state index is -0.812.